The van der Waals surface area contributed by atoms with Crippen LogP contribution in [-0.2, 0) is 19.7 Å². The highest BCUT2D eigenvalue weighted by molar-refractivity contribution is 7.86. The fourth-order valence-electron chi connectivity index (χ4n) is 2.00. The second kappa shape index (κ2) is 6.65. The number of hydrogen-bond donors (Lipinski definition) is 1. The summed E-state index contributed by atoms with van der Waals surface area (Å²) in [6.07, 6.45) is 0.0578. The normalized spacial score (nSPS) is 25.5. The molecule has 0 spiro atoms. The van der Waals surface area contributed by atoms with Crippen molar-refractivity contribution < 1.29 is 17.9 Å². The predicted octanol–water partition coefficient (Wildman–Crippen LogP) is -0.592. The Morgan fingerprint density at radius 2 is 2.11 bits per heavy atom. The Labute approximate surface area is 115 Å². The Kier molecular flexibility index (Phi) is 5.72. The van der Waals surface area contributed by atoms with E-state index in [4.69, 9.17) is 0 Å². The Hall–Kier alpha value is -0.700. The molecule has 0 bridgehead atoms. The van der Waals surface area contributed by atoms with Gasteiger partial charge in [0.2, 0.25) is 0 Å². The molecule has 0 radical (unpaired) electrons. The minimum atomic E-state index is -3.53. The van der Waals surface area contributed by atoms with Gasteiger partial charge < -0.3 is 10.1 Å². The molecule has 2 unspecified atom stereocenters. The third kappa shape index (κ3) is 3.88. The van der Waals surface area contributed by atoms with Gasteiger partial charge in [0, 0.05) is 38.8 Å². The van der Waals surface area contributed by atoms with Crippen molar-refractivity contribution in [2.24, 2.45) is 0 Å². The summed E-state index contributed by atoms with van der Waals surface area (Å²) in [5.41, 5.74) is 0. The first-order valence-electron chi connectivity index (χ1n) is 6.34. The molecule has 1 fully saturated rings. The van der Waals surface area contributed by atoms with Gasteiger partial charge in [-0.15, -0.1) is 0 Å². The van der Waals surface area contributed by atoms with Gasteiger partial charge in [-0.2, -0.15) is 17.0 Å². The van der Waals surface area contributed by atoms with Crippen molar-refractivity contribution in [1.82, 2.24) is 13.9 Å². The number of ether oxygens (including phenoxy) is 1. The highest BCUT2D eigenvalue weighted by Crippen LogP contribution is 2.16. The van der Waals surface area contributed by atoms with Crippen LogP contribution >= 0.6 is 0 Å². The third-order valence-corrected chi connectivity index (χ3v) is 5.60. The average Bonchev–Trinajstić information content (AvgIpc) is 2.38. The second-order valence-corrected chi connectivity index (χ2v) is 6.74. The molecule has 0 saturated carbocycles. The predicted molar refractivity (Wildman–Crippen MR) is 71.8 cm³/mol. The summed E-state index contributed by atoms with van der Waals surface area (Å²) in [6, 6.07) is -0.00291. The Bertz CT molecular complexity index is 412. The molecule has 1 rings (SSSR count). The zero-order valence-electron chi connectivity index (χ0n) is 11.9. The lowest BCUT2D eigenvalue weighted by Gasteiger charge is -2.39. The standard InChI is InChI=1S/C11H23N3O4S/c1-9-10(2)14(8-6-12-9)19(16,17)13(3)7-5-11(15)18-4/h9-10,12H,5-8H2,1-4H3. The largest absolute Gasteiger partial charge is 0.469 e. The third-order valence-electron chi connectivity index (χ3n) is 3.53. The van der Waals surface area contributed by atoms with E-state index in [0.717, 1.165) is 0 Å². The second-order valence-electron chi connectivity index (χ2n) is 4.75. The molecule has 1 aliphatic rings. The van der Waals surface area contributed by atoms with Crippen LogP contribution in [0.5, 0.6) is 0 Å². The molecule has 19 heavy (non-hydrogen) atoms. The van der Waals surface area contributed by atoms with Crippen LogP contribution in [0.15, 0.2) is 0 Å². The Balaban J connectivity index is 2.70. The van der Waals surface area contributed by atoms with Crippen molar-refractivity contribution in [3.8, 4) is 0 Å². The summed E-state index contributed by atoms with van der Waals surface area (Å²) < 4.78 is 32.0. The Morgan fingerprint density at radius 3 is 2.68 bits per heavy atom. The maximum atomic E-state index is 12.4. The average molecular weight is 293 g/mol. The first kappa shape index (κ1) is 16.4. The smallest absolute Gasteiger partial charge is 0.306 e. The first-order chi connectivity index (χ1) is 8.80. The number of nitrogens with zero attached hydrogens (tertiary/aromatic N) is 2. The lowest BCUT2D eigenvalue weighted by atomic mass is 10.1. The SMILES string of the molecule is COC(=O)CCN(C)S(=O)(=O)N1CCNC(C)C1C. The number of nitrogens with one attached hydrogen (secondary N) is 1. The van der Waals surface area contributed by atoms with E-state index in [-0.39, 0.29) is 25.0 Å². The van der Waals surface area contributed by atoms with Crippen LogP contribution in [0.4, 0.5) is 0 Å². The molecule has 0 aliphatic carbocycles. The van der Waals surface area contributed by atoms with Crippen molar-refractivity contribution in [2.45, 2.75) is 32.4 Å². The molecular weight excluding hydrogens is 270 g/mol. The molecule has 1 aliphatic heterocycles. The van der Waals surface area contributed by atoms with E-state index in [1.807, 2.05) is 13.8 Å². The quantitative estimate of drug-likeness (QED) is 0.685. The minimum absolute atomic E-state index is 0.0578. The lowest BCUT2D eigenvalue weighted by molar-refractivity contribution is -0.140. The molecule has 0 aromatic carbocycles. The number of carbonyl (C=O) groups is 1. The molecule has 0 amide bonds. The van der Waals surface area contributed by atoms with Crippen molar-refractivity contribution in [3.63, 3.8) is 0 Å². The minimum Gasteiger partial charge on any atom is -0.469 e. The van der Waals surface area contributed by atoms with Crippen molar-refractivity contribution >= 4 is 16.2 Å². The monoisotopic (exact) mass is 293 g/mol. The summed E-state index contributed by atoms with van der Waals surface area (Å²) in [5.74, 6) is -0.413. The number of methoxy groups -OCH3 is 1. The van der Waals surface area contributed by atoms with E-state index in [0.29, 0.717) is 13.1 Å². The first-order valence-corrected chi connectivity index (χ1v) is 7.73. The van der Waals surface area contributed by atoms with E-state index in [1.54, 1.807) is 0 Å². The van der Waals surface area contributed by atoms with Gasteiger partial charge in [0.15, 0.2) is 0 Å². The van der Waals surface area contributed by atoms with E-state index in [2.05, 4.69) is 10.1 Å². The van der Waals surface area contributed by atoms with Crippen molar-refractivity contribution in [3.05, 3.63) is 0 Å². The summed E-state index contributed by atoms with van der Waals surface area (Å²) in [5, 5.41) is 3.23. The van der Waals surface area contributed by atoms with Crippen LogP contribution in [0, 0.1) is 0 Å². The van der Waals surface area contributed by atoms with Gasteiger partial charge in [-0.25, -0.2) is 0 Å². The van der Waals surface area contributed by atoms with Crippen molar-refractivity contribution in [2.75, 3.05) is 33.8 Å². The molecule has 2 atom stereocenters. The van der Waals surface area contributed by atoms with Crippen molar-refractivity contribution in [1.29, 1.82) is 0 Å². The van der Waals surface area contributed by atoms with Crippen LogP contribution in [-0.4, -0.2) is 68.9 Å². The zero-order valence-corrected chi connectivity index (χ0v) is 12.7. The van der Waals surface area contributed by atoms with Crippen LogP contribution in [0.3, 0.4) is 0 Å². The number of rotatable bonds is 5. The molecule has 1 N–H and O–H groups in total. The zero-order chi connectivity index (χ0) is 14.6. The summed E-state index contributed by atoms with van der Waals surface area (Å²) >= 11 is 0. The van der Waals surface area contributed by atoms with Gasteiger partial charge >= 0.3 is 5.97 Å². The van der Waals surface area contributed by atoms with E-state index in [1.165, 1.54) is 22.8 Å². The summed E-state index contributed by atoms with van der Waals surface area (Å²) in [7, 11) is -0.757. The number of esters is 1. The number of hydrogen-bond acceptors (Lipinski definition) is 5. The molecule has 7 nitrogen and oxygen atoms in total. The molecular formula is C11H23N3O4S. The maximum absolute atomic E-state index is 12.4. The van der Waals surface area contributed by atoms with Crippen LogP contribution in [0.25, 0.3) is 0 Å². The molecule has 112 valence electrons. The van der Waals surface area contributed by atoms with Crippen LogP contribution in [0.2, 0.25) is 0 Å². The van der Waals surface area contributed by atoms with Gasteiger partial charge in [-0.05, 0) is 13.8 Å². The molecule has 0 aromatic heterocycles. The van der Waals surface area contributed by atoms with Gasteiger partial charge in [-0.3, -0.25) is 4.79 Å². The number of piperazine rings is 1. The molecule has 1 saturated heterocycles. The Morgan fingerprint density at radius 1 is 1.47 bits per heavy atom. The molecule has 0 aromatic rings. The van der Waals surface area contributed by atoms with Gasteiger partial charge in [0.25, 0.3) is 10.2 Å². The van der Waals surface area contributed by atoms with Crippen LogP contribution < -0.4 is 5.32 Å². The summed E-state index contributed by atoms with van der Waals surface area (Å²) in [4.78, 5) is 11.1. The van der Waals surface area contributed by atoms with Gasteiger partial charge in [0.05, 0.1) is 13.5 Å². The highest BCUT2D eigenvalue weighted by atomic mass is 32.2. The molecule has 1 heterocycles. The molecule has 8 heteroatoms. The number of carbonyl (C=O) groups excluding carboxylic acids is 1. The van der Waals surface area contributed by atoms with E-state index >= 15 is 0 Å². The van der Waals surface area contributed by atoms with Gasteiger partial charge in [0.1, 0.15) is 0 Å². The summed E-state index contributed by atoms with van der Waals surface area (Å²) in [6.45, 7) is 5.04. The maximum Gasteiger partial charge on any atom is 0.306 e. The topological polar surface area (TPSA) is 79.0 Å². The van der Waals surface area contributed by atoms with E-state index < -0.39 is 16.2 Å². The van der Waals surface area contributed by atoms with E-state index in [9.17, 15) is 13.2 Å². The lowest BCUT2D eigenvalue weighted by Crippen LogP contribution is -2.59. The highest BCUT2D eigenvalue weighted by Gasteiger charge is 2.35. The fourth-order valence-corrected chi connectivity index (χ4v) is 3.60. The van der Waals surface area contributed by atoms with Gasteiger partial charge in [-0.1, -0.05) is 0 Å². The fraction of sp³-hybridized carbons (Fsp3) is 0.909. The van der Waals surface area contributed by atoms with Crippen LogP contribution in [0.1, 0.15) is 20.3 Å².